The average molecular weight is 435 g/mol. The average Bonchev–Trinajstić information content (AvgIpc) is 3.15. The predicted molar refractivity (Wildman–Crippen MR) is 118 cm³/mol. The van der Waals surface area contributed by atoms with Crippen LogP contribution in [0, 0.1) is 25.6 Å². The van der Waals surface area contributed by atoms with Gasteiger partial charge < -0.3 is 9.64 Å². The largest absolute Gasteiger partial charge is 0.461 e. The standard InChI is InChI=1S/C25H26FN3O3/c1-17-15-18(2)29(27-17)23-9-3-19(4-10-23)16-32-25(31)21-11-13-28(14-12-21)24(30)20-5-7-22(26)8-6-20/h3-10,15,21H,11-14,16H2,1-2H3. The predicted octanol–water partition coefficient (Wildman–Crippen LogP) is 4.22. The van der Waals surface area contributed by atoms with E-state index in [2.05, 4.69) is 5.10 Å². The monoisotopic (exact) mass is 435 g/mol. The van der Waals surface area contributed by atoms with Gasteiger partial charge in [-0.1, -0.05) is 12.1 Å². The van der Waals surface area contributed by atoms with Gasteiger partial charge in [-0.05, 0) is 74.7 Å². The minimum Gasteiger partial charge on any atom is -0.461 e. The van der Waals surface area contributed by atoms with Gasteiger partial charge in [-0.15, -0.1) is 0 Å². The topological polar surface area (TPSA) is 64.4 Å². The molecule has 1 aliphatic rings. The number of piperidine rings is 1. The van der Waals surface area contributed by atoms with Crippen LogP contribution in [0.1, 0.15) is 40.2 Å². The Hall–Kier alpha value is -3.48. The lowest BCUT2D eigenvalue weighted by atomic mass is 9.96. The second kappa shape index (κ2) is 9.34. The number of aromatic nitrogens is 2. The molecule has 4 rings (SSSR count). The second-order valence-electron chi connectivity index (χ2n) is 8.19. The van der Waals surface area contributed by atoms with Crippen LogP contribution in [0.5, 0.6) is 0 Å². The number of amides is 1. The number of rotatable bonds is 5. The Morgan fingerprint density at radius 3 is 2.28 bits per heavy atom. The van der Waals surface area contributed by atoms with Gasteiger partial charge in [0.15, 0.2) is 0 Å². The fourth-order valence-corrected chi connectivity index (χ4v) is 3.99. The van der Waals surface area contributed by atoms with Crippen LogP contribution in [0.3, 0.4) is 0 Å². The van der Waals surface area contributed by atoms with Crippen molar-refractivity contribution < 1.29 is 18.7 Å². The van der Waals surface area contributed by atoms with E-state index in [-0.39, 0.29) is 30.2 Å². The fourth-order valence-electron chi connectivity index (χ4n) is 3.99. The van der Waals surface area contributed by atoms with Crippen LogP contribution in [0.25, 0.3) is 5.69 Å². The molecule has 2 aromatic carbocycles. The summed E-state index contributed by atoms with van der Waals surface area (Å²) in [6.07, 6.45) is 1.12. The van der Waals surface area contributed by atoms with Crippen molar-refractivity contribution in [1.29, 1.82) is 0 Å². The summed E-state index contributed by atoms with van der Waals surface area (Å²) >= 11 is 0. The Morgan fingerprint density at radius 2 is 1.69 bits per heavy atom. The highest BCUT2D eigenvalue weighted by molar-refractivity contribution is 5.94. The smallest absolute Gasteiger partial charge is 0.309 e. The first kappa shape index (κ1) is 21.7. The van der Waals surface area contributed by atoms with Crippen molar-refractivity contribution in [2.75, 3.05) is 13.1 Å². The quantitative estimate of drug-likeness (QED) is 0.563. The summed E-state index contributed by atoms with van der Waals surface area (Å²) in [5, 5.41) is 4.47. The molecule has 1 saturated heterocycles. The van der Waals surface area contributed by atoms with Crippen molar-refractivity contribution in [2.24, 2.45) is 5.92 Å². The summed E-state index contributed by atoms with van der Waals surface area (Å²) in [7, 11) is 0. The van der Waals surface area contributed by atoms with E-state index in [9.17, 15) is 14.0 Å². The Balaban J connectivity index is 1.26. The van der Waals surface area contributed by atoms with E-state index in [4.69, 9.17) is 4.74 Å². The number of halogens is 1. The first-order chi connectivity index (χ1) is 15.4. The number of nitrogens with zero attached hydrogens (tertiary/aromatic N) is 3. The molecular formula is C25H26FN3O3. The van der Waals surface area contributed by atoms with Crippen molar-refractivity contribution in [2.45, 2.75) is 33.3 Å². The Bertz CT molecular complexity index is 1100. The molecule has 1 aliphatic heterocycles. The normalized spacial score (nSPS) is 14.4. The minimum absolute atomic E-state index is 0.139. The first-order valence-electron chi connectivity index (χ1n) is 10.7. The molecule has 1 aromatic heterocycles. The molecule has 0 bridgehead atoms. The maximum Gasteiger partial charge on any atom is 0.309 e. The van der Waals surface area contributed by atoms with E-state index in [0.717, 1.165) is 22.6 Å². The SMILES string of the molecule is Cc1cc(C)n(-c2ccc(COC(=O)C3CCN(C(=O)c4ccc(F)cc4)CC3)cc2)n1. The molecular weight excluding hydrogens is 409 g/mol. The lowest BCUT2D eigenvalue weighted by Gasteiger charge is -2.31. The molecule has 0 aliphatic carbocycles. The molecule has 6 nitrogen and oxygen atoms in total. The summed E-state index contributed by atoms with van der Waals surface area (Å²) in [5.74, 6) is -0.966. The summed E-state index contributed by atoms with van der Waals surface area (Å²) < 4.78 is 20.5. The van der Waals surface area contributed by atoms with E-state index in [0.29, 0.717) is 31.5 Å². The molecule has 0 radical (unpaired) electrons. The zero-order valence-electron chi connectivity index (χ0n) is 18.3. The molecule has 0 saturated carbocycles. The first-order valence-corrected chi connectivity index (χ1v) is 10.7. The van der Waals surface area contributed by atoms with E-state index >= 15 is 0 Å². The van der Waals surface area contributed by atoms with Gasteiger partial charge in [-0.3, -0.25) is 9.59 Å². The number of hydrogen-bond donors (Lipinski definition) is 0. The van der Waals surface area contributed by atoms with E-state index < -0.39 is 0 Å². The van der Waals surface area contributed by atoms with Crippen LogP contribution in [0.4, 0.5) is 4.39 Å². The highest BCUT2D eigenvalue weighted by Gasteiger charge is 2.28. The summed E-state index contributed by atoms with van der Waals surface area (Å²) in [4.78, 5) is 26.7. The van der Waals surface area contributed by atoms with Crippen LogP contribution < -0.4 is 0 Å². The van der Waals surface area contributed by atoms with Crippen molar-refractivity contribution in [3.05, 3.63) is 82.9 Å². The van der Waals surface area contributed by atoms with Gasteiger partial charge in [-0.2, -0.15) is 5.10 Å². The van der Waals surface area contributed by atoms with Crippen LogP contribution in [0.2, 0.25) is 0 Å². The number of likely N-dealkylation sites (tertiary alicyclic amines) is 1. The van der Waals surface area contributed by atoms with Crippen molar-refractivity contribution in [3.63, 3.8) is 0 Å². The number of esters is 1. The third-order valence-electron chi connectivity index (χ3n) is 5.78. The van der Waals surface area contributed by atoms with E-state index in [1.807, 2.05) is 48.9 Å². The minimum atomic E-state index is -0.371. The van der Waals surface area contributed by atoms with Crippen molar-refractivity contribution >= 4 is 11.9 Å². The van der Waals surface area contributed by atoms with E-state index in [1.165, 1.54) is 24.3 Å². The molecule has 0 unspecified atom stereocenters. The highest BCUT2D eigenvalue weighted by atomic mass is 19.1. The Kier molecular flexibility index (Phi) is 6.35. The molecule has 1 fully saturated rings. The molecule has 2 heterocycles. The van der Waals surface area contributed by atoms with Crippen LogP contribution >= 0.6 is 0 Å². The summed E-state index contributed by atoms with van der Waals surface area (Å²) in [6, 6.07) is 15.3. The van der Waals surface area contributed by atoms with Crippen molar-refractivity contribution in [3.8, 4) is 5.69 Å². The number of aryl methyl sites for hydroxylation is 2. The zero-order valence-corrected chi connectivity index (χ0v) is 18.3. The maximum atomic E-state index is 13.1. The third-order valence-corrected chi connectivity index (χ3v) is 5.78. The molecule has 3 aromatic rings. The molecule has 32 heavy (non-hydrogen) atoms. The molecule has 1 amide bonds. The molecule has 0 atom stereocenters. The van der Waals surface area contributed by atoms with Gasteiger partial charge in [0.25, 0.3) is 5.91 Å². The van der Waals surface area contributed by atoms with Gasteiger partial charge in [0, 0.05) is 24.3 Å². The summed E-state index contributed by atoms with van der Waals surface area (Å²) in [5.41, 5.74) is 4.35. The number of ether oxygens (including phenoxy) is 1. The molecule has 0 spiro atoms. The van der Waals surface area contributed by atoms with E-state index in [1.54, 1.807) is 4.90 Å². The molecule has 7 heteroatoms. The fraction of sp³-hybridized carbons (Fsp3) is 0.320. The molecule has 166 valence electrons. The second-order valence-corrected chi connectivity index (χ2v) is 8.19. The van der Waals surface area contributed by atoms with Crippen LogP contribution in [0.15, 0.2) is 54.6 Å². The van der Waals surface area contributed by atoms with Crippen molar-refractivity contribution in [1.82, 2.24) is 14.7 Å². The number of benzene rings is 2. The van der Waals surface area contributed by atoms with Gasteiger partial charge in [-0.25, -0.2) is 9.07 Å². The van der Waals surface area contributed by atoms with Crippen LogP contribution in [-0.2, 0) is 16.1 Å². The Morgan fingerprint density at radius 1 is 1.03 bits per heavy atom. The zero-order chi connectivity index (χ0) is 22.7. The van der Waals surface area contributed by atoms with Gasteiger partial charge >= 0.3 is 5.97 Å². The van der Waals surface area contributed by atoms with Gasteiger partial charge in [0.1, 0.15) is 12.4 Å². The lowest BCUT2D eigenvalue weighted by molar-refractivity contribution is -0.151. The van der Waals surface area contributed by atoms with Gasteiger partial charge in [0.05, 0.1) is 17.3 Å². The van der Waals surface area contributed by atoms with Crippen LogP contribution in [-0.4, -0.2) is 39.6 Å². The van der Waals surface area contributed by atoms with Gasteiger partial charge in [0.2, 0.25) is 0 Å². The molecule has 0 N–H and O–H groups in total. The number of hydrogen-bond acceptors (Lipinski definition) is 4. The maximum absolute atomic E-state index is 13.1. The summed E-state index contributed by atoms with van der Waals surface area (Å²) in [6.45, 7) is 5.14. The Labute approximate surface area is 186 Å². The highest BCUT2D eigenvalue weighted by Crippen LogP contribution is 2.21. The number of carbonyl (C=O) groups is 2. The lowest BCUT2D eigenvalue weighted by Crippen LogP contribution is -2.40. The third kappa shape index (κ3) is 4.88. The number of carbonyl (C=O) groups excluding carboxylic acids is 2.